The molecule has 2 heterocycles. The summed E-state index contributed by atoms with van der Waals surface area (Å²) in [7, 11) is -3.60. The first-order valence-electron chi connectivity index (χ1n) is 9.16. The Bertz CT molecular complexity index is 893. The number of carbonyl (C=O) groups excluding carboxylic acids is 1. The first-order valence-corrected chi connectivity index (χ1v) is 12.1. The number of furan rings is 1. The van der Waals surface area contributed by atoms with Gasteiger partial charge in [-0.05, 0) is 43.2 Å². The number of halogens is 1. The number of hydrogen-bond acceptors (Lipinski definition) is 5. The van der Waals surface area contributed by atoms with Crippen LogP contribution in [0.15, 0.2) is 45.9 Å². The SMILES string of the molecule is O=C(CSCc1ccco1)Nc1cc(S(=O)(=O)N2CCCCCC2)ccc1Cl. The molecular weight excluding hydrogens is 420 g/mol. The Labute approximate surface area is 174 Å². The normalized spacial score (nSPS) is 15.9. The second kappa shape index (κ2) is 9.82. The van der Waals surface area contributed by atoms with E-state index >= 15 is 0 Å². The number of hydrogen-bond donors (Lipinski definition) is 1. The van der Waals surface area contributed by atoms with E-state index in [1.807, 2.05) is 6.07 Å². The Morgan fingerprint density at radius 2 is 1.93 bits per heavy atom. The van der Waals surface area contributed by atoms with Gasteiger partial charge in [0.15, 0.2) is 0 Å². The highest BCUT2D eigenvalue weighted by Crippen LogP contribution is 2.28. The molecule has 1 aromatic heterocycles. The summed E-state index contributed by atoms with van der Waals surface area (Å²) in [5.41, 5.74) is 0.307. The molecule has 0 bridgehead atoms. The summed E-state index contributed by atoms with van der Waals surface area (Å²) >= 11 is 7.58. The quantitative estimate of drug-likeness (QED) is 0.688. The Morgan fingerprint density at radius 3 is 2.61 bits per heavy atom. The van der Waals surface area contributed by atoms with Crippen molar-refractivity contribution in [2.45, 2.75) is 36.3 Å². The number of nitrogens with zero attached hydrogens (tertiary/aromatic N) is 1. The molecule has 3 rings (SSSR count). The molecule has 1 fully saturated rings. The third-order valence-electron chi connectivity index (χ3n) is 4.47. The van der Waals surface area contributed by atoms with Crippen LogP contribution >= 0.6 is 23.4 Å². The Morgan fingerprint density at radius 1 is 1.18 bits per heavy atom. The summed E-state index contributed by atoms with van der Waals surface area (Å²) in [6.07, 6.45) is 5.41. The summed E-state index contributed by atoms with van der Waals surface area (Å²) in [5, 5.41) is 3.02. The highest BCUT2D eigenvalue weighted by atomic mass is 35.5. The molecule has 0 saturated carbocycles. The Kier molecular flexibility index (Phi) is 7.45. The van der Waals surface area contributed by atoms with Crippen molar-refractivity contribution in [2.75, 3.05) is 24.2 Å². The fraction of sp³-hybridized carbons (Fsp3) is 0.421. The highest BCUT2D eigenvalue weighted by Gasteiger charge is 2.26. The van der Waals surface area contributed by atoms with Crippen LogP contribution in [0.1, 0.15) is 31.4 Å². The van der Waals surface area contributed by atoms with E-state index in [1.54, 1.807) is 12.3 Å². The summed E-state index contributed by atoms with van der Waals surface area (Å²) in [6.45, 7) is 1.05. The van der Waals surface area contributed by atoms with E-state index < -0.39 is 10.0 Å². The lowest BCUT2D eigenvalue weighted by Gasteiger charge is -2.20. The van der Waals surface area contributed by atoms with Gasteiger partial charge in [-0.25, -0.2) is 8.42 Å². The average Bonchev–Trinajstić information content (AvgIpc) is 3.02. The zero-order chi connectivity index (χ0) is 20.0. The van der Waals surface area contributed by atoms with E-state index in [0.29, 0.717) is 29.6 Å². The predicted molar refractivity (Wildman–Crippen MR) is 112 cm³/mol. The Balaban J connectivity index is 1.65. The van der Waals surface area contributed by atoms with Gasteiger partial charge in [0.05, 0.1) is 33.4 Å². The van der Waals surface area contributed by atoms with Crippen molar-refractivity contribution in [3.05, 3.63) is 47.4 Å². The molecule has 1 saturated heterocycles. The van der Waals surface area contributed by atoms with Gasteiger partial charge < -0.3 is 9.73 Å². The number of benzene rings is 1. The van der Waals surface area contributed by atoms with Crippen LogP contribution in [0.25, 0.3) is 0 Å². The number of rotatable bonds is 7. The summed E-state index contributed by atoms with van der Waals surface area (Å²) in [6, 6.07) is 8.09. The smallest absolute Gasteiger partial charge is 0.243 e. The van der Waals surface area contributed by atoms with Gasteiger partial charge >= 0.3 is 0 Å². The zero-order valence-corrected chi connectivity index (χ0v) is 17.8. The van der Waals surface area contributed by atoms with Crippen LogP contribution in [0.3, 0.4) is 0 Å². The molecule has 28 heavy (non-hydrogen) atoms. The van der Waals surface area contributed by atoms with E-state index in [1.165, 1.54) is 34.3 Å². The molecule has 0 unspecified atom stereocenters. The molecule has 0 radical (unpaired) electrons. The van der Waals surface area contributed by atoms with Crippen LogP contribution in [0.2, 0.25) is 5.02 Å². The monoisotopic (exact) mass is 442 g/mol. The summed E-state index contributed by atoms with van der Waals surface area (Å²) in [4.78, 5) is 12.4. The van der Waals surface area contributed by atoms with Gasteiger partial charge in [-0.3, -0.25) is 4.79 Å². The molecule has 152 valence electrons. The van der Waals surface area contributed by atoms with Crippen molar-refractivity contribution in [2.24, 2.45) is 0 Å². The first-order chi connectivity index (χ1) is 13.5. The van der Waals surface area contributed by atoms with Crippen LogP contribution in [0.4, 0.5) is 5.69 Å². The zero-order valence-electron chi connectivity index (χ0n) is 15.4. The molecule has 0 spiro atoms. The van der Waals surface area contributed by atoms with Crippen LogP contribution in [0, 0.1) is 0 Å². The molecule has 1 amide bonds. The minimum Gasteiger partial charge on any atom is -0.468 e. The molecule has 1 aliphatic heterocycles. The van der Waals surface area contributed by atoms with Crippen LogP contribution < -0.4 is 5.32 Å². The fourth-order valence-corrected chi connectivity index (χ4v) is 5.45. The maximum absolute atomic E-state index is 12.9. The maximum Gasteiger partial charge on any atom is 0.243 e. The number of thioether (sulfide) groups is 1. The summed E-state index contributed by atoms with van der Waals surface area (Å²) < 4.78 is 32.6. The van der Waals surface area contributed by atoms with Crippen molar-refractivity contribution in [3.8, 4) is 0 Å². The lowest BCUT2D eigenvalue weighted by atomic mass is 10.2. The topological polar surface area (TPSA) is 79.6 Å². The first kappa shape index (κ1) is 21.2. The van der Waals surface area contributed by atoms with E-state index in [0.717, 1.165) is 31.4 Å². The largest absolute Gasteiger partial charge is 0.468 e. The Hall–Kier alpha value is -1.48. The van der Waals surface area contributed by atoms with Gasteiger partial charge in [0, 0.05) is 13.1 Å². The third-order valence-corrected chi connectivity index (χ3v) is 7.65. The lowest BCUT2D eigenvalue weighted by Crippen LogP contribution is -2.32. The molecule has 1 aromatic carbocycles. The molecule has 1 N–H and O–H groups in total. The van der Waals surface area contributed by atoms with Gasteiger partial charge in [0.2, 0.25) is 15.9 Å². The van der Waals surface area contributed by atoms with Crippen LogP contribution in [0.5, 0.6) is 0 Å². The maximum atomic E-state index is 12.9. The number of amides is 1. The van der Waals surface area contributed by atoms with Crippen molar-refractivity contribution >= 4 is 45.0 Å². The number of carbonyl (C=O) groups is 1. The molecule has 0 atom stereocenters. The average molecular weight is 443 g/mol. The number of sulfonamides is 1. The van der Waals surface area contributed by atoms with Crippen molar-refractivity contribution in [3.63, 3.8) is 0 Å². The van der Waals surface area contributed by atoms with E-state index in [2.05, 4.69) is 5.32 Å². The molecule has 6 nitrogen and oxygen atoms in total. The summed E-state index contributed by atoms with van der Waals surface area (Å²) in [5.74, 6) is 1.33. The number of nitrogens with one attached hydrogen (secondary N) is 1. The van der Waals surface area contributed by atoms with Gasteiger partial charge in [-0.15, -0.1) is 11.8 Å². The van der Waals surface area contributed by atoms with Gasteiger partial charge in [0.25, 0.3) is 0 Å². The standard InChI is InChI=1S/C19H23ClN2O4S2/c20-17-8-7-16(28(24,25)22-9-3-1-2-4-10-22)12-18(17)21-19(23)14-27-13-15-6-5-11-26-15/h5-8,11-12H,1-4,9-10,13-14H2,(H,21,23). The third kappa shape index (κ3) is 5.53. The van der Waals surface area contributed by atoms with Crippen LogP contribution in [-0.4, -0.2) is 37.5 Å². The molecule has 1 aliphatic rings. The van der Waals surface area contributed by atoms with Crippen molar-refractivity contribution < 1.29 is 17.6 Å². The van der Waals surface area contributed by atoms with Crippen molar-refractivity contribution in [1.82, 2.24) is 4.31 Å². The minimum absolute atomic E-state index is 0.150. The molecule has 0 aliphatic carbocycles. The highest BCUT2D eigenvalue weighted by molar-refractivity contribution is 7.99. The minimum atomic E-state index is -3.60. The molecule has 9 heteroatoms. The van der Waals surface area contributed by atoms with E-state index in [4.69, 9.17) is 16.0 Å². The van der Waals surface area contributed by atoms with Crippen molar-refractivity contribution in [1.29, 1.82) is 0 Å². The lowest BCUT2D eigenvalue weighted by molar-refractivity contribution is -0.113. The van der Waals surface area contributed by atoms with Gasteiger partial charge in [-0.2, -0.15) is 4.31 Å². The van der Waals surface area contributed by atoms with E-state index in [9.17, 15) is 13.2 Å². The van der Waals surface area contributed by atoms with E-state index in [-0.39, 0.29) is 16.6 Å². The molecular formula is C19H23ClN2O4S2. The fourth-order valence-electron chi connectivity index (χ4n) is 3.02. The van der Waals surface area contributed by atoms with Gasteiger partial charge in [-0.1, -0.05) is 24.4 Å². The molecule has 2 aromatic rings. The predicted octanol–water partition coefficient (Wildman–Crippen LogP) is 4.37. The van der Waals surface area contributed by atoms with Crippen LogP contribution in [-0.2, 0) is 20.6 Å². The van der Waals surface area contributed by atoms with Gasteiger partial charge in [0.1, 0.15) is 5.76 Å². The second-order valence-electron chi connectivity index (χ2n) is 6.58. The number of anilines is 1. The second-order valence-corrected chi connectivity index (χ2v) is 9.91.